The van der Waals surface area contributed by atoms with Gasteiger partial charge in [0.1, 0.15) is 11.5 Å². The van der Waals surface area contributed by atoms with Crippen LogP contribution in [-0.4, -0.2) is 44.7 Å². The summed E-state index contributed by atoms with van der Waals surface area (Å²) in [6.07, 6.45) is 2.97. The maximum atomic E-state index is 11.8. The molecule has 0 bridgehead atoms. The molecule has 0 saturated heterocycles. The van der Waals surface area contributed by atoms with Crippen LogP contribution in [0.1, 0.15) is 30.9 Å². The summed E-state index contributed by atoms with van der Waals surface area (Å²) < 4.78 is 11.0. The van der Waals surface area contributed by atoms with Gasteiger partial charge in [-0.2, -0.15) is 0 Å². The Morgan fingerprint density at radius 2 is 1.97 bits per heavy atom. The number of ether oxygens (including phenoxy) is 2. The number of benzene rings is 2. The number of rotatable bonds is 11. The van der Waals surface area contributed by atoms with Gasteiger partial charge in [0.15, 0.2) is 12.6 Å². The van der Waals surface area contributed by atoms with Gasteiger partial charge in [-0.25, -0.2) is 4.99 Å². The van der Waals surface area contributed by atoms with E-state index in [0.717, 1.165) is 55.2 Å². The van der Waals surface area contributed by atoms with Crippen molar-refractivity contribution in [3.8, 4) is 11.5 Å². The summed E-state index contributed by atoms with van der Waals surface area (Å²) in [5, 5.41) is 9.56. The highest BCUT2D eigenvalue weighted by Crippen LogP contribution is 2.19. The van der Waals surface area contributed by atoms with E-state index in [1.165, 1.54) is 0 Å². The first-order chi connectivity index (χ1) is 15.2. The first kappa shape index (κ1) is 22.5. The molecule has 1 amide bonds. The van der Waals surface area contributed by atoms with Crippen molar-refractivity contribution in [2.24, 2.45) is 4.99 Å². The molecule has 1 aliphatic rings. The van der Waals surface area contributed by atoms with Crippen LogP contribution in [0.25, 0.3) is 0 Å². The summed E-state index contributed by atoms with van der Waals surface area (Å²) >= 11 is 0. The highest BCUT2D eigenvalue weighted by molar-refractivity contribution is 5.79. The van der Waals surface area contributed by atoms with Gasteiger partial charge in [0, 0.05) is 19.1 Å². The number of nitrogens with zero attached hydrogens (tertiary/aromatic N) is 1. The van der Waals surface area contributed by atoms with Crippen LogP contribution in [0.15, 0.2) is 53.5 Å². The average molecular weight is 425 g/mol. The molecule has 2 aromatic rings. The minimum absolute atomic E-state index is 0.0381. The SMILES string of the molecule is CCNC(=NCc1cccc(OCC(=O)NC2CC2)c1)NCCc1ccccc1OC. The molecule has 7 nitrogen and oxygen atoms in total. The minimum atomic E-state index is -0.0698. The molecule has 0 heterocycles. The van der Waals surface area contributed by atoms with Gasteiger partial charge in [-0.05, 0) is 55.5 Å². The Morgan fingerprint density at radius 3 is 2.74 bits per heavy atom. The maximum absolute atomic E-state index is 11.8. The van der Waals surface area contributed by atoms with E-state index >= 15 is 0 Å². The molecule has 7 heteroatoms. The lowest BCUT2D eigenvalue weighted by Gasteiger charge is -2.13. The first-order valence-electron chi connectivity index (χ1n) is 10.8. The van der Waals surface area contributed by atoms with Crippen molar-refractivity contribution in [2.45, 2.75) is 38.8 Å². The van der Waals surface area contributed by atoms with E-state index < -0.39 is 0 Å². The van der Waals surface area contributed by atoms with Crippen LogP contribution < -0.4 is 25.4 Å². The lowest BCUT2D eigenvalue weighted by molar-refractivity contribution is -0.123. The molecule has 2 aromatic carbocycles. The minimum Gasteiger partial charge on any atom is -0.496 e. The molecule has 31 heavy (non-hydrogen) atoms. The zero-order valence-corrected chi connectivity index (χ0v) is 18.3. The molecule has 3 rings (SSSR count). The van der Waals surface area contributed by atoms with Crippen molar-refractivity contribution in [1.29, 1.82) is 0 Å². The third kappa shape index (κ3) is 7.85. The van der Waals surface area contributed by atoms with Gasteiger partial charge >= 0.3 is 0 Å². The number of methoxy groups -OCH3 is 1. The first-order valence-corrected chi connectivity index (χ1v) is 10.8. The van der Waals surface area contributed by atoms with Crippen LogP contribution in [0.3, 0.4) is 0 Å². The Balaban J connectivity index is 1.50. The van der Waals surface area contributed by atoms with E-state index in [9.17, 15) is 4.79 Å². The average Bonchev–Trinajstić information content (AvgIpc) is 3.60. The second kappa shape index (κ2) is 11.8. The summed E-state index contributed by atoms with van der Waals surface area (Å²) in [7, 11) is 1.69. The molecule has 0 aliphatic heterocycles. The number of hydrogen-bond donors (Lipinski definition) is 3. The predicted molar refractivity (Wildman–Crippen MR) is 123 cm³/mol. The zero-order valence-electron chi connectivity index (χ0n) is 18.3. The second-order valence-corrected chi connectivity index (χ2v) is 7.46. The molecule has 0 aromatic heterocycles. The van der Waals surface area contributed by atoms with Crippen molar-refractivity contribution in [3.63, 3.8) is 0 Å². The monoisotopic (exact) mass is 424 g/mol. The molecule has 1 fully saturated rings. The van der Waals surface area contributed by atoms with E-state index in [-0.39, 0.29) is 12.5 Å². The number of guanidine groups is 1. The Bertz CT molecular complexity index is 881. The van der Waals surface area contributed by atoms with Crippen molar-refractivity contribution in [2.75, 3.05) is 26.8 Å². The Morgan fingerprint density at radius 1 is 1.13 bits per heavy atom. The van der Waals surface area contributed by atoms with Crippen molar-refractivity contribution < 1.29 is 14.3 Å². The normalized spacial score (nSPS) is 13.4. The summed E-state index contributed by atoms with van der Waals surface area (Å²) in [5.74, 6) is 2.26. The molecular weight excluding hydrogens is 392 g/mol. The van der Waals surface area contributed by atoms with Gasteiger partial charge < -0.3 is 25.4 Å². The third-order valence-electron chi connectivity index (χ3n) is 4.85. The van der Waals surface area contributed by atoms with Crippen molar-refractivity contribution >= 4 is 11.9 Å². The quantitative estimate of drug-likeness (QED) is 0.382. The van der Waals surface area contributed by atoms with Crippen LogP contribution >= 0.6 is 0 Å². The van der Waals surface area contributed by atoms with E-state index in [2.05, 4.69) is 27.0 Å². The summed E-state index contributed by atoms with van der Waals surface area (Å²) in [5.41, 5.74) is 2.17. The van der Waals surface area contributed by atoms with Gasteiger partial charge in [-0.3, -0.25) is 4.79 Å². The lowest BCUT2D eigenvalue weighted by atomic mass is 10.1. The van der Waals surface area contributed by atoms with Gasteiger partial charge in [-0.15, -0.1) is 0 Å². The largest absolute Gasteiger partial charge is 0.496 e. The number of amides is 1. The fourth-order valence-electron chi connectivity index (χ4n) is 3.12. The number of nitrogens with one attached hydrogen (secondary N) is 3. The second-order valence-electron chi connectivity index (χ2n) is 7.46. The third-order valence-corrected chi connectivity index (χ3v) is 4.85. The van der Waals surface area contributed by atoms with E-state index in [1.807, 2.05) is 49.4 Å². The standard InChI is InChI=1S/C24H32N4O3/c1-3-25-24(26-14-13-19-8-4-5-10-22(19)30-2)27-16-18-7-6-9-21(15-18)31-17-23(29)28-20-11-12-20/h4-10,15,20H,3,11-14,16-17H2,1-2H3,(H,28,29)(H2,25,26,27). The van der Waals surface area contributed by atoms with E-state index in [0.29, 0.717) is 18.3 Å². The smallest absolute Gasteiger partial charge is 0.258 e. The lowest BCUT2D eigenvalue weighted by Crippen LogP contribution is -2.38. The van der Waals surface area contributed by atoms with Crippen molar-refractivity contribution in [1.82, 2.24) is 16.0 Å². The number of aliphatic imine (C=N–C) groups is 1. The van der Waals surface area contributed by atoms with Gasteiger partial charge in [0.2, 0.25) is 0 Å². The molecule has 0 atom stereocenters. The highest BCUT2D eigenvalue weighted by atomic mass is 16.5. The van der Waals surface area contributed by atoms with Crippen molar-refractivity contribution in [3.05, 3.63) is 59.7 Å². The highest BCUT2D eigenvalue weighted by Gasteiger charge is 2.23. The fraction of sp³-hybridized carbons (Fsp3) is 0.417. The molecule has 0 radical (unpaired) electrons. The molecule has 3 N–H and O–H groups in total. The van der Waals surface area contributed by atoms with Gasteiger partial charge in [-0.1, -0.05) is 30.3 Å². The molecule has 0 spiro atoms. The molecule has 0 unspecified atom stereocenters. The Labute approximate surface area is 184 Å². The zero-order chi connectivity index (χ0) is 21.9. The number of carbonyl (C=O) groups is 1. The van der Waals surface area contributed by atoms with Crippen LogP contribution in [0.4, 0.5) is 0 Å². The van der Waals surface area contributed by atoms with Gasteiger partial charge in [0.05, 0.1) is 13.7 Å². The van der Waals surface area contributed by atoms with Crippen LogP contribution in [-0.2, 0) is 17.8 Å². The summed E-state index contributed by atoms with van der Waals surface area (Å²) in [6, 6.07) is 16.1. The van der Waals surface area contributed by atoms with Crippen LogP contribution in [0.2, 0.25) is 0 Å². The Kier molecular flexibility index (Phi) is 8.58. The van der Waals surface area contributed by atoms with Gasteiger partial charge in [0.25, 0.3) is 5.91 Å². The number of para-hydroxylation sites is 1. The fourth-order valence-corrected chi connectivity index (χ4v) is 3.12. The number of hydrogen-bond acceptors (Lipinski definition) is 4. The molecular formula is C24H32N4O3. The molecule has 166 valence electrons. The summed E-state index contributed by atoms with van der Waals surface area (Å²) in [4.78, 5) is 16.5. The Hall–Kier alpha value is -3.22. The van der Waals surface area contributed by atoms with E-state index in [4.69, 9.17) is 9.47 Å². The topological polar surface area (TPSA) is 84.0 Å². The maximum Gasteiger partial charge on any atom is 0.258 e. The van der Waals surface area contributed by atoms with Crippen LogP contribution in [0.5, 0.6) is 11.5 Å². The molecule has 1 aliphatic carbocycles. The number of carbonyl (C=O) groups excluding carboxylic acids is 1. The van der Waals surface area contributed by atoms with Crippen LogP contribution in [0, 0.1) is 0 Å². The molecule has 1 saturated carbocycles. The summed E-state index contributed by atoms with van der Waals surface area (Å²) in [6.45, 7) is 4.11. The van der Waals surface area contributed by atoms with E-state index in [1.54, 1.807) is 7.11 Å². The predicted octanol–water partition coefficient (Wildman–Crippen LogP) is 2.65.